The molecular weight excluding hydrogens is 254 g/mol. The summed E-state index contributed by atoms with van der Waals surface area (Å²) in [6, 6.07) is 2.42. The van der Waals surface area contributed by atoms with Crippen LogP contribution < -0.4 is 5.73 Å². The molecule has 0 amide bonds. The van der Waals surface area contributed by atoms with Crippen molar-refractivity contribution in [3.8, 4) is 11.1 Å². The Bertz CT molecular complexity index is 658. The summed E-state index contributed by atoms with van der Waals surface area (Å²) in [5.41, 5.74) is 5.99. The fourth-order valence-electron chi connectivity index (χ4n) is 1.50. The van der Waals surface area contributed by atoms with Crippen LogP contribution in [0, 0.1) is 18.6 Å². The number of rotatable bonds is 2. The molecule has 2 rings (SSSR count). The molecule has 2 heterocycles. The van der Waals surface area contributed by atoms with Gasteiger partial charge in [-0.1, -0.05) is 5.16 Å². The quantitative estimate of drug-likeness (QED) is 0.375. The third kappa shape index (κ3) is 2.49. The summed E-state index contributed by atoms with van der Waals surface area (Å²) in [5.74, 6) is -1.46. The minimum absolute atomic E-state index is 0.0722. The first kappa shape index (κ1) is 12.9. The molecule has 2 aromatic heterocycles. The van der Waals surface area contributed by atoms with Crippen LogP contribution in [0.4, 0.5) is 8.78 Å². The number of hydrogen-bond acceptors (Lipinski definition) is 4. The molecule has 0 unspecified atom stereocenters. The number of halogens is 2. The average Bonchev–Trinajstić information content (AvgIpc) is 2.41. The maximum absolute atomic E-state index is 13.7. The second-order valence-corrected chi connectivity index (χ2v) is 3.83. The minimum atomic E-state index is -0.653. The highest BCUT2D eigenvalue weighted by atomic mass is 19.1. The lowest BCUT2D eigenvalue weighted by Crippen LogP contribution is -2.15. The summed E-state index contributed by atoms with van der Waals surface area (Å²) in [5, 5.41) is 11.3. The number of hydrogen-bond donors (Lipinski definition) is 2. The summed E-state index contributed by atoms with van der Waals surface area (Å²) >= 11 is 0. The van der Waals surface area contributed by atoms with Gasteiger partial charge in [0.25, 0.3) is 0 Å². The van der Waals surface area contributed by atoms with Crippen molar-refractivity contribution in [2.24, 2.45) is 10.9 Å². The Morgan fingerprint density at radius 3 is 2.58 bits per heavy atom. The monoisotopic (exact) mass is 264 g/mol. The van der Waals surface area contributed by atoms with Gasteiger partial charge in [0.15, 0.2) is 5.84 Å². The van der Waals surface area contributed by atoms with Gasteiger partial charge >= 0.3 is 0 Å². The zero-order chi connectivity index (χ0) is 14.0. The standard InChI is InChI=1S/C12H10F2N4O/c1-6-9(13)2-7(4-16-6)8-3-11(12(15)18-19)17-5-10(8)14/h2-5,19H,1H3,(H2,15,18). The summed E-state index contributed by atoms with van der Waals surface area (Å²) in [7, 11) is 0. The topological polar surface area (TPSA) is 84.4 Å². The largest absolute Gasteiger partial charge is 0.409 e. The number of oxime groups is 1. The Balaban J connectivity index is 2.57. The summed E-state index contributed by atoms with van der Waals surface area (Å²) in [6.45, 7) is 1.50. The van der Waals surface area contributed by atoms with Gasteiger partial charge in [0.05, 0.1) is 11.9 Å². The Kier molecular flexibility index (Phi) is 3.37. The number of amidine groups is 1. The van der Waals surface area contributed by atoms with Gasteiger partial charge in [0.2, 0.25) is 0 Å². The summed E-state index contributed by atoms with van der Waals surface area (Å²) < 4.78 is 27.1. The minimum Gasteiger partial charge on any atom is -0.409 e. The molecule has 19 heavy (non-hydrogen) atoms. The van der Waals surface area contributed by atoms with Gasteiger partial charge in [0, 0.05) is 17.3 Å². The second kappa shape index (κ2) is 4.97. The van der Waals surface area contributed by atoms with E-state index in [0.717, 1.165) is 12.3 Å². The molecule has 98 valence electrons. The van der Waals surface area contributed by atoms with Crippen molar-refractivity contribution in [1.29, 1.82) is 0 Å². The van der Waals surface area contributed by atoms with Crippen LogP contribution in [0.3, 0.4) is 0 Å². The van der Waals surface area contributed by atoms with E-state index in [1.807, 2.05) is 0 Å². The van der Waals surface area contributed by atoms with E-state index < -0.39 is 11.6 Å². The van der Waals surface area contributed by atoms with Crippen LogP contribution in [-0.4, -0.2) is 21.0 Å². The Morgan fingerprint density at radius 1 is 1.21 bits per heavy atom. The van der Waals surface area contributed by atoms with Crippen molar-refractivity contribution in [2.45, 2.75) is 6.92 Å². The molecule has 0 aliphatic heterocycles. The molecule has 5 nitrogen and oxygen atoms in total. The predicted octanol–water partition coefficient (Wildman–Crippen LogP) is 1.82. The van der Waals surface area contributed by atoms with Crippen molar-refractivity contribution in [2.75, 3.05) is 0 Å². The first-order valence-corrected chi connectivity index (χ1v) is 5.29. The van der Waals surface area contributed by atoms with Crippen LogP contribution in [0.25, 0.3) is 11.1 Å². The first-order valence-electron chi connectivity index (χ1n) is 5.29. The predicted molar refractivity (Wildman–Crippen MR) is 64.6 cm³/mol. The molecule has 2 aromatic rings. The number of aromatic nitrogens is 2. The number of pyridine rings is 2. The van der Waals surface area contributed by atoms with Crippen molar-refractivity contribution in [3.05, 3.63) is 47.5 Å². The average molecular weight is 264 g/mol. The van der Waals surface area contributed by atoms with Crippen LogP contribution >= 0.6 is 0 Å². The van der Waals surface area contributed by atoms with Gasteiger partial charge in [-0.25, -0.2) is 13.8 Å². The highest BCUT2D eigenvalue weighted by Gasteiger charge is 2.12. The molecule has 0 saturated heterocycles. The van der Waals surface area contributed by atoms with E-state index in [1.54, 1.807) is 0 Å². The lowest BCUT2D eigenvalue weighted by molar-refractivity contribution is 0.318. The maximum Gasteiger partial charge on any atom is 0.188 e. The van der Waals surface area contributed by atoms with E-state index in [0.29, 0.717) is 0 Å². The SMILES string of the molecule is Cc1ncc(-c2cc(C(N)=NO)ncc2F)cc1F. The molecular formula is C12H10F2N4O. The Labute approximate surface area is 107 Å². The van der Waals surface area contributed by atoms with E-state index in [4.69, 9.17) is 10.9 Å². The molecule has 0 bridgehead atoms. The molecule has 0 aliphatic rings. The van der Waals surface area contributed by atoms with Crippen molar-refractivity contribution in [3.63, 3.8) is 0 Å². The lowest BCUT2D eigenvalue weighted by atomic mass is 10.1. The molecule has 0 aliphatic carbocycles. The number of nitrogens with zero attached hydrogens (tertiary/aromatic N) is 3. The van der Waals surface area contributed by atoms with Gasteiger partial charge in [0.1, 0.15) is 17.3 Å². The van der Waals surface area contributed by atoms with Crippen molar-refractivity contribution >= 4 is 5.84 Å². The van der Waals surface area contributed by atoms with Gasteiger partial charge in [-0.15, -0.1) is 0 Å². The van der Waals surface area contributed by atoms with E-state index in [1.165, 1.54) is 19.2 Å². The third-order valence-corrected chi connectivity index (χ3v) is 2.56. The number of aryl methyl sites for hydroxylation is 1. The van der Waals surface area contributed by atoms with Crippen LogP contribution in [0.1, 0.15) is 11.4 Å². The molecule has 7 heteroatoms. The van der Waals surface area contributed by atoms with Crippen LogP contribution in [-0.2, 0) is 0 Å². The van der Waals surface area contributed by atoms with E-state index in [2.05, 4.69) is 15.1 Å². The lowest BCUT2D eigenvalue weighted by Gasteiger charge is -2.06. The maximum atomic E-state index is 13.7. The normalized spacial score (nSPS) is 11.6. The smallest absolute Gasteiger partial charge is 0.188 e. The molecule has 0 saturated carbocycles. The Morgan fingerprint density at radius 2 is 1.95 bits per heavy atom. The van der Waals surface area contributed by atoms with Crippen LogP contribution in [0.2, 0.25) is 0 Å². The zero-order valence-corrected chi connectivity index (χ0v) is 9.93. The van der Waals surface area contributed by atoms with Gasteiger partial charge in [-0.3, -0.25) is 4.98 Å². The molecule has 3 N–H and O–H groups in total. The van der Waals surface area contributed by atoms with Crippen LogP contribution in [0.15, 0.2) is 29.7 Å². The van der Waals surface area contributed by atoms with Gasteiger partial charge in [-0.05, 0) is 19.1 Å². The molecule has 0 radical (unpaired) electrons. The molecule has 0 fully saturated rings. The van der Waals surface area contributed by atoms with E-state index >= 15 is 0 Å². The fraction of sp³-hybridized carbons (Fsp3) is 0.0833. The van der Waals surface area contributed by atoms with Crippen molar-refractivity contribution < 1.29 is 14.0 Å². The summed E-state index contributed by atoms with van der Waals surface area (Å²) in [4.78, 5) is 7.49. The molecule has 0 spiro atoms. The molecule has 0 aromatic carbocycles. The number of nitrogens with two attached hydrogens (primary N) is 1. The fourth-order valence-corrected chi connectivity index (χ4v) is 1.50. The first-order chi connectivity index (χ1) is 9.02. The zero-order valence-electron chi connectivity index (χ0n) is 9.93. The van der Waals surface area contributed by atoms with Gasteiger partial charge in [-0.2, -0.15) is 0 Å². The molecule has 0 atom stereocenters. The Hall–Kier alpha value is -2.57. The highest BCUT2D eigenvalue weighted by molar-refractivity contribution is 5.96. The van der Waals surface area contributed by atoms with Gasteiger partial charge < -0.3 is 10.9 Å². The summed E-state index contributed by atoms with van der Waals surface area (Å²) in [6.07, 6.45) is 2.26. The van der Waals surface area contributed by atoms with Crippen molar-refractivity contribution in [1.82, 2.24) is 9.97 Å². The highest BCUT2D eigenvalue weighted by Crippen LogP contribution is 2.23. The van der Waals surface area contributed by atoms with E-state index in [-0.39, 0.29) is 28.4 Å². The van der Waals surface area contributed by atoms with E-state index in [9.17, 15) is 8.78 Å². The third-order valence-electron chi connectivity index (χ3n) is 2.56. The van der Waals surface area contributed by atoms with Crippen LogP contribution in [0.5, 0.6) is 0 Å². The second-order valence-electron chi connectivity index (χ2n) is 3.83.